The van der Waals surface area contributed by atoms with Gasteiger partial charge in [-0.3, -0.25) is 0 Å². The minimum absolute atomic E-state index is 0.449. The fraction of sp³-hybridized carbons (Fsp3) is 0.357. The number of alkyl halides is 1. The minimum Gasteiger partial charge on any atom is -0.352 e. The van der Waals surface area contributed by atoms with Gasteiger partial charge in [-0.1, -0.05) is 18.2 Å². The number of aromatic nitrogens is 1. The van der Waals surface area contributed by atoms with E-state index in [0.717, 1.165) is 17.9 Å². The van der Waals surface area contributed by atoms with Crippen LogP contribution in [0.4, 0.5) is 5.82 Å². The third kappa shape index (κ3) is 1.98. The second-order valence-electron chi connectivity index (χ2n) is 4.51. The summed E-state index contributed by atoms with van der Waals surface area (Å²) in [6, 6.07) is 12.9. The van der Waals surface area contributed by atoms with E-state index in [1.165, 1.54) is 18.2 Å². The second kappa shape index (κ2) is 4.53. The Labute approximate surface area is 106 Å². The summed E-state index contributed by atoms with van der Waals surface area (Å²) in [7, 11) is 0. The van der Waals surface area contributed by atoms with Gasteiger partial charge in [0.2, 0.25) is 0 Å². The van der Waals surface area contributed by atoms with Crippen molar-refractivity contribution >= 4 is 28.3 Å². The second-order valence-corrected chi connectivity index (χ2v) is 4.81. The Kier molecular flexibility index (Phi) is 2.89. The summed E-state index contributed by atoms with van der Waals surface area (Å²) in [5.74, 6) is 1.75. The first-order valence-corrected chi connectivity index (χ1v) is 6.60. The van der Waals surface area contributed by atoms with Crippen molar-refractivity contribution in [1.29, 1.82) is 0 Å². The van der Waals surface area contributed by atoms with E-state index in [1.807, 2.05) is 12.1 Å². The molecule has 1 aliphatic heterocycles. The number of halogens is 1. The Bertz CT molecular complexity index is 526. The zero-order valence-corrected chi connectivity index (χ0v) is 10.4. The molecule has 1 fully saturated rings. The molecule has 88 valence electrons. The highest BCUT2D eigenvalue weighted by molar-refractivity contribution is 6.18. The van der Waals surface area contributed by atoms with Gasteiger partial charge in [-0.25, -0.2) is 4.98 Å². The lowest BCUT2D eigenvalue weighted by Gasteiger charge is -2.24. The Hall–Kier alpha value is -1.28. The van der Waals surface area contributed by atoms with Crippen LogP contribution in [0.5, 0.6) is 0 Å². The molecule has 1 unspecified atom stereocenters. The smallest absolute Gasteiger partial charge is 0.129 e. The van der Waals surface area contributed by atoms with Gasteiger partial charge >= 0.3 is 0 Å². The van der Waals surface area contributed by atoms with Crippen molar-refractivity contribution in [1.82, 2.24) is 4.98 Å². The molecule has 2 nitrogen and oxygen atoms in total. The van der Waals surface area contributed by atoms with Gasteiger partial charge in [-0.05, 0) is 31.0 Å². The van der Waals surface area contributed by atoms with Gasteiger partial charge < -0.3 is 4.90 Å². The lowest BCUT2D eigenvalue weighted by atomic mass is 10.2. The number of benzene rings is 1. The average Bonchev–Trinajstić information content (AvgIpc) is 2.86. The van der Waals surface area contributed by atoms with E-state index in [2.05, 4.69) is 29.2 Å². The maximum absolute atomic E-state index is 6.00. The lowest BCUT2D eigenvalue weighted by Crippen LogP contribution is -2.31. The summed E-state index contributed by atoms with van der Waals surface area (Å²) >= 11 is 6.00. The topological polar surface area (TPSA) is 16.1 Å². The predicted octanol–water partition coefficient (Wildman–Crippen LogP) is 3.44. The number of nitrogens with zero attached hydrogens (tertiary/aromatic N) is 2. The normalized spacial score (nSPS) is 20.1. The average molecular weight is 247 g/mol. The number of hydrogen-bond acceptors (Lipinski definition) is 2. The van der Waals surface area contributed by atoms with E-state index in [-0.39, 0.29) is 0 Å². The van der Waals surface area contributed by atoms with Gasteiger partial charge in [0.25, 0.3) is 0 Å². The number of hydrogen-bond donors (Lipinski definition) is 0. The van der Waals surface area contributed by atoms with Crippen LogP contribution in [0.3, 0.4) is 0 Å². The molecule has 1 aliphatic rings. The number of anilines is 1. The van der Waals surface area contributed by atoms with Crippen LogP contribution in [0, 0.1) is 0 Å². The van der Waals surface area contributed by atoms with E-state index in [9.17, 15) is 0 Å². The molecule has 0 bridgehead atoms. The number of para-hydroxylation sites is 1. The van der Waals surface area contributed by atoms with Gasteiger partial charge in [0.1, 0.15) is 5.82 Å². The standard InChI is InChI=1S/C14H15ClN2/c15-10-12-5-3-9-17(12)14-8-7-11-4-1-2-6-13(11)16-14/h1-2,4,6-8,12H,3,5,9-10H2. The molecule has 0 saturated carbocycles. The van der Waals surface area contributed by atoms with Crippen LogP contribution in [-0.4, -0.2) is 23.5 Å². The maximum atomic E-state index is 6.00. The SMILES string of the molecule is ClCC1CCCN1c1ccc2ccccc2n1. The van der Waals surface area contributed by atoms with E-state index in [4.69, 9.17) is 16.6 Å². The van der Waals surface area contributed by atoms with Crippen molar-refractivity contribution < 1.29 is 0 Å². The van der Waals surface area contributed by atoms with Crippen molar-refractivity contribution in [2.45, 2.75) is 18.9 Å². The van der Waals surface area contributed by atoms with Crippen molar-refractivity contribution in [3.8, 4) is 0 Å². The molecule has 0 spiro atoms. The van der Waals surface area contributed by atoms with Crippen molar-refractivity contribution in [3.05, 3.63) is 36.4 Å². The molecule has 2 aromatic rings. The van der Waals surface area contributed by atoms with Gasteiger partial charge in [0, 0.05) is 23.9 Å². The maximum Gasteiger partial charge on any atom is 0.129 e. The summed E-state index contributed by atoms with van der Waals surface area (Å²) < 4.78 is 0. The lowest BCUT2D eigenvalue weighted by molar-refractivity contribution is 0.735. The Morgan fingerprint density at radius 3 is 3.00 bits per heavy atom. The van der Waals surface area contributed by atoms with Crippen LogP contribution in [0.2, 0.25) is 0 Å². The zero-order valence-electron chi connectivity index (χ0n) is 9.64. The molecule has 1 saturated heterocycles. The Morgan fingerprint density at radius 1 is 1.24 bits per heavy atom. The van der Waals surface area contributed by atoms with Gasteiger partial charge in [0.05, 0.1) is 5.52 Å². The monoisotopic (exact) mass is 246 g/mol. The van der Waals surface area contributed by atoms with E-state index < -0.39 is 0 Å². The first-order valence-electron chi connectivity index (χ1n) is 6.07. The molecular formula is C14H15ClN2. The molecular weight excluding hydrogens is 232 g/mol. The summed E-state index contributed by atoms with van der Waals surface area (Å²) in [6.45, 7) is 1.07. The largest absolute Gasteiger partial charge is 0.352 e. The summed E-state index contributed by atoms with van der Waals surface area (Å²) in [5, 5.41) is 1.19. The number of fused-ring (bicyclic) bond motifs is 1. The predicted molar refractivity (Wildman–Crippen MR) is 72.8 cm³/mol. The first-order chi connectivity index (χ1) is 8.38. The highest BCUT2D eigenvalue weighted by atomic mass is 35.5. The van der Waals surface area contributed by atoms with Crippen molar-refractivity contribution in [2.24, 2.45) is 0 Å². The van der Waals surface area contributed by atoms with Gasteiger partial charge in [-0.2, -0.15) is 0 Å². The molecule has 0 radical (unpaired) electrons. The zero-order chi connectivity index (χ0) is 11.7. The van der Waals surface area contributed by atoms with Crippen LogP contribution in [0.15, 0.2) is 36.4 Å². The molecule has 3 rings (SSSR count). The van der Waals surface area contributed by atoms with E-state index in [1.54, 1.807) is 0 Å². The summed E-state index contributed by atoms with van der Waals surface area (Å²) in [6.07, 6.45) is 2.39. The van der Waals surface area contributed by atoms with Crippen LogP contribution in [0.25, 0.3) is 10.9 Å². The number of pyridine rings is 1. The van der Waals surface area contributed by atoms with Crippen LogP contribution in [0.1, 0.15) is 12.8 Å². The van der Waals surface area contributed by atoms with Crippen molar-refractivity contribution in [3.63, 3.8) is 0 Å². The van der Waals surface area contributed by atoms with Crippen molar-refractivity contribution in [2.75, 3.05) is 17.3 Å². The van der Waals surface area contributed by atoms with Crippen LogP contribution >= 0.6 is 11.6 Å². The quantitative estimate of drug-likeness (QED) is 0.755. The highest BCUT2D eigenvalue weighted by Crippen LogP contribution is 2.26. The van der Waals surface area contributed by atoms with E-state index >= 15 is 0 Å². The molecule has 0 aliphatic carbocycles. The van der Waals surface area contributed by atoms with Crippen LogP contribution in [-0.2, 0) is 0 Å². The minimum atomic E-state index is 0.449. The molecule has 0 N–H and O–H groups in total. The molecule has 0 amide bonds. The fourth-order valence-electron chi connectivity index (χ4n) is 2.51. The van der Waals surface area contributed by atoms with Crippen LogP contribution < -0.4 is 4.90 Å². The first kappa shape index (κ1) is 10.8. The summed E-state index contributed by atoms with van der Waals surface area (Å²) in [4.78, 5) is 7.06. The Morgan fingerprint density at radius 2 is 2.12 bits per heavy atom. The number of rotatable bonds is 2. The molecule has 3 heteroatoms. The molecule has 1 aromatic heterocycles. The molecule has 2 heterocycles. The van der Waals surface area contributed by atoms with Gasteiger partial charge in [0.15, 0.2) is 0 Å². The molecule has 1 aromatic carbocycles. The molecule has 17 heavy (non-hydrogen) atoms. The fourth-order valence-corrected chi connectivity index (χ4v) is 2.83. The highest BCUT2D eigenvalue weighted by Gasteiger charge is 2.24. The Balaban J connectivity index is 2.00. The van der Waals surface area contributed by atoms with E-state index in [0.29, 0.717) is 11.9 Å². The van der Waals surface area contributed by atoms with Gasteiger partial charge in [-0.15, -0.1) is 11.6 Å². The third-order valence-corrected chi connectivity index (χ3v) is 3.79. The molecule has 1 atom stereocenters. The summed E-state index contributed by atoms with van der Waals surface area (Å²) in [5.41, 5.74) is 1.06. The third-order valence-electron chi connectivity index (χ3n) is 3.43.